The number of carboxylic acid groups (broad SMARTS) is 1. The third kappa shape index (κ3) is 3.59. The number of hydrogen-bond donors (Lipinski definition) is 4. The molecule has 2 heterocycles. The maximum Gasteiger partial charge on any atom is 0.335 e. The molecule has 9 heteroatoms. The first-order valence-corrected chi connectivity index (χ1v) is 8.83. The second-order valence-corrected chi connectivity index (χ2v) is 6.48. The standard InChI is InChI=1S/C21H16N6O3/c22-19(28)16-10-24-17-7-11(13-8-25-21(23)26-9-13)4-5-15(17)18(16)27-14-3-1-2-12(6-14)20(29)30/h1-10H,(H2,22,28)(H,24,27)(H,29,30)(H2,23,25,26). The molecule has 30 heavy (non-hydrogen) atoms. The van der Waals surface area contributed by atoms with Gasteiger partial charge in [-0.25, -0.2) is 14.8 Å². The lowest BCUT2D eigenvalue weighted by Gasteiger charge is -2.14. The van der Waals surface area contributed by atoms with Gasteiger partial charge in [0, 0.05) is 35.2 Å². The summed E-state index contributed by atoms with van der Waals surface area (Å²) in [5.74, 6) is -1.53. The molecule has 0 saturated carbocycles. The minimum atomic E-state index is -1.05. The van der Waals surface area contributed by atoms with Gasteiger partial charge in [0.05, 0.1) is 22.3 Å². The number of nitrogens with zero attached hydrogens (tertiary/aromatic N) is 3. The number of carboxylic acids is 1. The SMILES string of the molecule is NC(=O)c1cnc2cc(-c3cnc(N)nc3)ccc2c1Nc1cccc(C(=O)O)c1. The molecule has 148 valence electrons. The lowest BCUT2D eigenvalue weighted by molar-refractivity contribution is 0.0696. The minimum Gasteiger partial charge on any atom is -0.478 e. The number of carbonyl (C=O) groups excluding carboxylic acids is 1. The molecule has 9 nitrogen and oxygen atoms in total. The number of rotatable bonds is 5. The van der Waals surface area contributed by atoms with Gasteiger partial charge in [-0.1, -0.05) is 18.2 Å². The topological polar surface area (TPSA) is 157 Å². The Morgan fingerprint density at radius 1 is 0.933 bits per heavy atom. The number of carbonyl (C=O) groups is 2. The van der Waals surface area contributed by atoms with E-state index in [9.17, 15) is 14.7 Å². The Bertz CT molecular complexity index is 1290. The number of amides is 1. The van der Waals surface area contributed by atoms with E-state index in [1.807, 2.05) is 12.1 Å². The van der Waals surface area contributed by atoms with Gasteiger partial charge in [0.1, 0.15) is 0 Å². The quantitative estimate of drug-likeness (QED) is 0.398. The van der Waals surface area contributed by atoms with E-state index in [1.165, 1.54) is 18.3 Å². The predicted molar refractivity (Wildman–Crippen MR) is 112 cm³/mol. The third-order valence-corrected chi connectivity index (χ3v) is 4.52. The van der Waals surface area contributed by atoms with E-state index in [4.69, 9.17) is 11.5 Å². The van der Waals surface area contributed by atoms with Gasteiger partial charge in [-0.15, -0.1) is 0 Å². The highest BCUT2D eigenvalue weighted by atomic mass is 16.4. The lowest BCUT2D eigenvalue weighted by atomic mass is 10.0. The van der Waals surface area contributed by atoms with Crippen LogP contribution < -0.4 is 16.8 Å². The molecule has 2 aromatic heterocycles. The van der Waals surface area contributed by atoms with Crippen molar-refractivity contribution in [3.8, 4) is 11.1 Å². The zero-order valence-electron chi connectivity index (χ0n) is 15.5. The summed E-state index contributed by atoms with van der Waals surface area (Å²) >= 11 is 0. The van der Waals surface area contributed by atoms with Crippen molar-refractivity contribution >= 4 is 40.1 Å². The Morgan fingerprint density at radius 2 is 1.70 bits per heavy atom. The van der Waals surface area contributed by atoms with Gasteiger partial charge in [-0.2, -0.15) is 0 Å². The predicted octanol–water partition coefficient (Wildman–Crippen LogP) is 2.81. The molecule has 0 spiro atoms. The van der Waals surface area contributed by atoms with Crippen LogP contribution in [-0.4, -0.2) is 31.9 Å². The average molecular weight is 400 g/mol. The van der Waals surface area contributed by atoms with Crippen LogP contribution in [0.3, 0.4) is 0 Å². The van der Waals surface area contributed by atoms with Crippen LogP contribution in [0.25, 0.3) is 22.0 Å². The van der Waals surface area contributed by atoms with Crippen molar-refractivity contribution in [3.63, 3.8) is 0 Å². The number of nitrogens with two attached hydrogens (primary N) is 2. The smallest absolute Gasteiger partial charge is 0.335 e. The van der Waals surface area contributed by atoms with Crippen molar-refractivity contribution < 1.29 is 14.7 Å². The number of hydrogen-bond acceptors (Lipinski definition) is 7. The van der Waals surface area contributed by atoms with E-state index >= 15 is 0 Å². The number of anilines is 3. The average Bonchev–Trinajstić information content (AvgIpc) is 2.74. The van der Waals surface area contributed by atoms with Gasteiger partial charge >= 0.3 is 5.97 Å². The van der Waals surface area contributed by atoms with E-state index < -0.39 is 11.9 Å². The van der Waals surface area contributed by atoms with Gasteiger partial charge in [0.15, 0.2) is 0 Å². The molecule has 4 aromatic rings. The highest BCUT2D eigenvalue weighted by Crippen LogP contribution is 2.32. The van der Waals surface area contributed by atoms with E-state index in [2.05, 4.69) is 20.3 Å². The summed E-state index contributed by atoms with van der Waals surface area (Å²) in [6, 6.07) is 11.7. The number of primary amides is 1. The van der Waals surface area contributed by atoms with Crippen molar-refractivity contribution in [2.24, 2.45) is 5.73 Å². The van der Waals surface area contributed by atoms with Crippen molar-refractivity contribution in [3.05, 3.63) is 72.2 Å². The second kappa shape index (κ2) is 7.47. The van der Waals surface area contributed by atoms with Crippen LogP contribution in [0.4, 0.5) is 17.3 Å². The molecule has 0 aliphatic carbocycles. The Kier molecular flexibility index (Phi) is 4.69. The molecular weight excluding hydrogens is 384 g/mol. The summed E-state index contributed by atoms with van der Waals surface area (Å²) in [6.07, 6.45) is 4.60. The van der Waals surface area contributed by atoms with Crippen LogP contribution >= 0.6 is 0 Å². The Morgan fingerprint density at radius 3 is 2.40 bits per heavy atom. The summed E-state index contributed by atoms with van der Waals surface area (Å²) in [6.45, 7) is 0. The molecular formula is C21H16N6O3. The third-order valence-electron chi connectivity index (χ3n) is 4.52. The van der Waals surface area contributed by atoms with Crippen molar-refractivity contribution in [1.29, 1.82) is 0 Å². The minimum absolute atomic E-state index is 0.115. The molecule has 0 fully saturated rings. The van der Waals surface area contributed by atoms with Gasteiger partial charge in [0.2, 0.25) is 5.95 Å². The summed E-state index contributed by atoms with van der Waals surface area (Å²) in [7, 11) is 0. The second-order valence-electron chi connectivity index (χ2n) is 6.48. The Hall–Kier alpha value is -4.53. The summed E-state index contributed by atoms with van der Waals surface area (Å²) in [4.78, 5) is 35.6. The molecule has 0 bridgehead atoms. The van der Waals surface area contributed by atoms with Crippen LogP contribution in [0.15, 0.2) is 61.1 Å². The maximum atomic E-state index is 12.0. The number of nitrogens with one attached hydrogen (secondary N) is 1. The van der Waals surface area contributed by atoms with Crippen molar-refractivity contribution in [1.82, 2.24) is 15.0 Å². The summed E-state index contributed by atoms with van der Waals surface area (Å²) in [5, 5.41) is 13.0. The van der Waals surface area contributed by atoms with E-state index in [1.54, 1.807) is 30.6 Å². The fourth-order valence-corrected chi connectivity index (χ4v) is 3.06. The lowest BCUT2D eigenvalue weighted by Crippen LogP contribution is -2.14. The molecule has 4 rings (SSSR count). The first-order chi connectivity index (χ1) is 14.4. The van der Waals surface area contributed by atoms with Crippen LogP contribution in [-0.2, 0) is 0 Å². The van der Waals surface area contributed by atoms with Gasteiger partial charge in [-0.3, -0.25) is 9.78 Å². The Balaban J connectivity index is 1.83. The zero-order valence-corrected chi connectivity index (χ0v) is 15.5. The number of aromatic nitrogens is 3. The molecule has 0 saturated heterocycles. The molecule has 0 unspecified atom stereocenters. The molecule has 2 aromatic carbocycles. The zero-order chi connectivity index (χ0) is 21.3. The number of aromatic carboxylic acids is 1. The number of pyridine rings is 1. The van der Waals surface area contributed by atoms with Crippen molar-refractivity contribution in [2.45, 2.75) is 0 Å². The summed E-state index contributed by atoms with van der Waals surface area (Å²) in [5.41, 5.74) is 14.5. The van der Waals surface area contributed by atoms with Crippen LogP contribution in [0.2, 0.25) is 0 Å². The molecule has 0 aliphatic heterocycles. The molecule has 0 radical (unpaired) electrons. The Labute approximate surface area is 170 Å². The molecule has 1 amide bonds. The number of nitrogen functional groups attached to an aromatic ring is 1. The van der Waals surface area contributed by atoms with Gasteiger partial charge < -0.3 is 21.9 Å². The van der Waals surface area contributed by atoms with Crippen LogP contribution in [0.5, 0.6) is 0 Å². The first-order valence-electron chi connectivity index (χ1n) is 8.83. The molecule has 0 atom stereocenters. The van der Waals surface area contributed by atoms with Gasteiger partial charge in [0.25, 0.3) is 5.91 Å². The fraction of sp³-hybridized carbons (Fsp3) is 0. The number of fused-ring (bicyclic) bond motifs is 1. The first kappa shape index (κ1) is 18.8. The van der Waals surface area contributed by atoms with Crippen LogP contribution in [0.1, 0.15) is 20.7 Å². The largest absolute Gasteiger partial charge is 0.478 e. The van der Waals surface area contributed by atoms with Crippen LogP contribution in [0, 0.1) is 0 Å². The highest BCUT2D eigenvalue weighted by Gasteiger charge is 2.15. The van der Waals surface area contributed by atoms with Gasteiger partial charge in [-0.05, 0) is 29.8 Å². The highest BCUT2D eigenvalue weighted by molar-refractivity contribution is 6.08. The maximum absolute atomic E-state index is 12.0. The van der Waals surface area contributed by atoms with E-state index in [0.717, 1.165) is 11.1 Å². The fourth-order valence-electron chi connectivity index (χ4n) is 3.06. The van der Waals surface area contributed by atoms with E-state index in [-0.39, 0.29) is 17.1 Å². The normalized spacial score (nSPS) is 10.7. The number of benzene rings is 2. The monoisotopic (exact) mass is 400 g/mol. The molecule has 0 aliphatic rings. The summed E-state index contributed by atoms with van der Waals surface area (Å²) < 4.78 is 0. The molecule has 6 N–H and O–H groups in total. The van der Waals surface area contributed by atoms with Crippen molar-refractivity contribution in [2.75, 3.05) is 11.1 Å². The van der Waals surface area contributed by atoms with E-state index in [0.29, 0.717) is 22.3 Å².